The van der Waals surface area contributed by atoms with E-state index < -0.39 is 10.0 Å². The van der Waals surface area contributed by atoms with Crippen molar-refractivity contribution in [2.75, 3.05) is 7.11 Å². The van der Waals surface area contributed by atoms with Gasteiger partial charge in [0.2, 0.25) is 10.0 Å². The molecule has 0 radical (unpaired) electrons. The maximum Gasteiger partial charge on any atom is 0.241 e. The summed E-state index contributed by atoms with van der Waals surface area (Å²) in [7, 11) is -2.32. The molecule has 0 aliphatic heterocycles. The third kappa shape index (κ3) is 2.98. The maximum atomic E-state index is 11.5. The van der Waals surface area contributed by atoms with Crippen LogP contribution in [0.2, 0.25) is 0 Å². The average Bonchev–Trinajstić information content (AvgIpc) is 2.13. The molecule has 0 heterocycles. The number of primary sulfonamides is 1. The molecule has 1 rings (SSSR count). The minimum Gasteiger partial charge on any atom is -0.495 e. The summed E-state index contributed by atoms with van der Waals surface area (Å²) in [6, 6.07) is 3.46. The van der Waals surface area contributed by atoms with Crippen LogP contribution in [0.25, 0.3) is 0 Å². The van der Waals surface area contributed by atoms with E-state index >= 15 is 0 Å². The lowest BCUT2D eigenvalue weighted by Crippen LogP contribution is -2.19. The second-order valence-corrected chi connectivity index (χ2v) is 6.67. The fourth-order valence-electron chi connectivity index (χ4n) is 1.72. The van der Waals surface area contributed by atoms with Gasteiger partial charge in [-0.3, -0.25) is 0 Å². The number of nitrogens with two attached hydrogens (primary N) is 1. The first kappa shape index (κ1) is 14.0. The van der Waals surface area contributed by atoms with E-state index in [2.05, 4.69) is 0 Å². The van der Waals surface area contributed by atoms with Crippen LogP contribution in [-0.2, 0) is 15.4 Å². The molecule has 5 heteroatoms. The third-order valence-electron chi connectivity index (χ3n) is 2.52. The van der Waals surface area contributed by atoms with Crippen LogP contribution < -0.4 is 9.88 Å². The second-order valence-electron chi connectivity index (χ2n) is 5.14. The average molecular weight is 257 g/mol. The van der Waals surface area contributed by atoms with Gasteiger partial charge in [0.1, 0.15) is 10.6 Å². The first-order chi connectivity index (χ1) is 7.57. The Hall–Kier alpha value is -1.07. The first-order valence-electron chi connectivity index (χ1n) is 5.29. The van der Waals surface area contributed by atoms with Gasteiger partial charge in [0.25, 0.3) is 0 Å². The van der Waals surface area contributed by atoms with Gasteiger partial charge < -0.3 is 4.74 Å². The Morgan fingerprint density at radius 2 is 1.76 bits per heavy atom. The Kier molecular flexibility index (Phi) is 3.55. The van der Waals surface area contributed by atoms with Crippen molar-refractivity contribution in [2.24, 2.45) is 5.14 Å². The molecule has 0 fully saturated rings. The lowest BCUT2D eigenvalue weighted by molar-refractivity contribution is 0.385. The molecule has 0 aliphatic carbocycles. The van der Waals surface area contributed by atoms with Crippen molar-refractivity contribution >= 4 is 10.0 Å². The van der Waals surface area contributed by atoms with E-state index in [4.69, 9.17) is 9.88 Å². The lowest BCUT2D eigenvalue weighted by Gasteiger charge is -2.24. The molecule has 0 aliphatic rings. The molecule has 1 aromatic rings. The van der Waals surface area contributed by atoms with Gasteiger partial charge in [-0.05, 0) is 24.0 Å². The van der Waals surface area contributed by atoms with Crippen molar-refractivity contribution in [3.8, 4) is 5.75 Å². The van der Waals surface area contributed by atoms with Crippen molar-refractivity contribution in [1.82, 2.24) is 0 Å². The highest BCUT2D eigenvalue weighted by molar-refractivity contribution is 7.89. The molecule has 0 unspecified atom stereocenters. The number of sulfonamides is 1. The molecule has 4 nitrogen and oxygen atoms in total. The lowest BCUT2D eigenvalue weighted by atomic mass is 9.85. The summed E-state index contributed by atoms with van der Waals surface area (Å²) in [6.07, 6.45) is 0. The van der Waals surface area contributed by atoms with Crippen LogP contribution in [0.15, 0.2) is 17.0 Å². The van der Waals surface area contributed by atoms with Crippen LogP contribution >= 0.6 is 0 Å². The molecule has 0 saturated carbocycles. The van der Waals surface area contributed by atoms with E-state index in [1.165, 1.54) is 13.2 Å². The summed E-state index contributed by atoms with van der Waals surface area (Å²) in [5, 5.41) is 5.21. The molecule has 0 bridgehead atoms. The van der Waals surface area contributed by atoms with Crippen LogP contribution in [0, 0.1) is 6.92 Å². The highest BCUT2D eigenvalue weighted by Gasteiger charge is 2.25. The van der Waals surface area contributed by atoms with Crippen molar-refractivity contribution in [2.45, 2.75) is 38.0 Å². The van der Waals surface area contributed by atoms with Gasteiger partial charge >= 0.3 is 0 Å². The molecule has 0 aromatic heterocycles. The quantitative estimate of drug-likeness (QED) is 0.880. The summed E-state index contributed by atoms with van der Waals surface area (Å²) < 4.78 is 28.3. The van der Waals surface area contributed by atoms with Crippen molar-refractivity contribution in [3.63, 3.8) is 0 Å². The second kappa shape index (κ2) is 4.31. The zero-order valence-corrected chi connectivity index (χ0v) is 11.7. The molecule has 1 aromatic carbocycles. The van der Waals surface area contributed by atoms with Crippen LogP contribution in [0.4, 0.5) is 0 Å². The van der Waals surface area contributed by atoms with Crippen LogP contribution in [0.3, 0.4) is 0 Å². The van der Waals surface area contributed by atoms with Gasteiger partial charge in [0.15, 0.2) is 0 Å². The largest absolute Gasteiger partial charge is 0.495 e. The highest BCUT2D eigenvalue weighted by Crippen LogP contribution is 2.36. The van der Waals surface area contributed by atoms with E-state index in [1.54, 1.807) is 0 Å². The number of methoxy groups -OCH3 is 1. The number of benzene rings is 1. The molecule has 0 atom stereocenters. The van der Waals surface area contributed by atoms with Gasteiger partial charge in [0.05, 0.1) is 7.11 Å². The SMILES string of the molecule is COc1c(C(C)(C)C)cc(C)cc1S(N)(=O)=O. The van der Waals surface area contributed by atoms with Crippen LogP contribution in [0.1, 0.15) is 31.9 Å². The molecular weight excluding hydrogens is 238 g/mol. The molecule has 17 heavy (non-hydrogen) atoms. The van der Waals surface area contributed by atoms with Gasteiger partial charge in [0, 0.05) is 5.56 Å². The molecule has 0 spiro atoms. The Labute approximate surface area is 103 Å². The van der Waals surface area contributed by atoms with Gasteiger partial charge in [-0.2, -0.15) is 0 Å². The number of hydrogen-bond acceptors (Lipinski definition) is 3. The Balaban J connectivity index is 3.70. The monoisotopic (exact) mass is 257 g/mol. The predicted molar refractivity (Wildman–Crippen MR) is 67.8 cm³/mol. The molecule has 96 valence electrons. The number of ether oxygens (including phenoxy) is 1. The summed E-state index contributed by atoms with van der Waals surface area (Å²) in [4.78, 5) is 0.0462. The summed E-state index contributed by atoms with van der Waals surface area (Å²) in [5.41, 5.74) is 1.47. The Morgan fingerprint density at radius 3 is 2.12 bits per heavy atom. The van der Waals surface area contributed by atoms with Crippen molar-refractivity contribution in [1.29, 1.82) is 0 Å². The van der Waals surface area contributed by atoms with Crippen molar-refractivity contribution < 1.29 is 13.2 Å². The van der Waals surface area contributed by atoms with Crippen molar-refractivity contribution in [3.05, 3.63) is 23.3 Å². The molecule has 0 saturated heterocycles. The first-order valence-corrected chi connectivity index (χ1v) is 6.84. The van der Waals surface area contributed by atoms with Crippen LogP contribution in [0.5, 0.6) is 5.75 Å². The third-order valence-corrected chi connectivity index (χ3v) is 3.43. The fourth-order valence-corrected chi connectivity index (χ4v) is 2.52. The van der Waals surface area contributed by atoms with E-state index in [0.29, 0.717) is 5.75 Å². The topological polar surface area (TPSA) is 69.4 Å². The van der Waals surface area contributed by atoms with Gasteiger partial charge in [-0.15, -0.1) is 0 Å². The summed E-state index contributed by atoms with van der Waals surface area (Å²) >= 11 is 0. The summed E-state index contributed by atoms with van der Waals surface area (Å²) in [6.45, 7) is 7.83. The Morgan fingerprint density at radius 1 is 1.24 bits per heavy atom. The number of aryl methyl sites for hydroxylation is 1. The van der Waals surface area contributed by atoms with E-state index in [0.717, 1.165) is 11.1 Å². The zero-order valence-electron chi connectivity index (χ0n) is 10.9. The van der Waals surface area contributed by atoms with Gasteiger partial charge in [-0.1, -0.05) is 26.8 Å². The molecule has 0 amide bonds. The van der Waals surface area contributed by atoms with E-state index in [-0.39, 0.29) is 10.3 Å². The maximum absolute atomic E-state index is 11.5. The normalized spacial score (nSPS) is 12.6. The standard InChI is InChI=1S/C12H19NO3S/c1-8-6-9(12(2,3)4)11(16-5)10(7-8)17(13,14)15/h6-7H,1-5H3,(H2,13,14,15). The van der Waals surface area contributed by atoms with Gasteiger partial charge in [-0.25, -0.2) is 13.6 Å². The van der Waals surface area contributed by atoms with Crippen LogP contribution in [-0.4, -0.2) is 15.5 Å². The zero-order chi connectivity index (χ0) is 13.4. The fraction of sp³-hybridized carbons (Fsp3) is 0.500. The predicted octanol–water partition coefficient (Wildman–Crippen LogP) is 1.95. The Bertz CT molecular complexity index is 527. The van der Waals surface area contributed by atoms with E-state index in [1.807, 2.05) is 33.8 Å². The smallest absolute Gasteiger partial charge is 0.241 e. The number of rotatable bonds is 2. The minimum atomic E-state index is -3.78. The van der Waals surface area contributed by atoms with E-state index in [9.17, 15) is 8.42 Å². The molecule has 2 N–H and O–H groups in total. The summed E-state index contributed by atoms with van der Waals surface area (Å²) in [5.74, 6) is 0.339. The number of hydrogen-bond donors (Lipinski definition) is 1. The highest BCUT2D eigenvalue weighted by atomic mass is 32.2. The molecular formula is C12H19NO3S. The minimum absolute atomic E-state index is 0.0462.